The number of hydrogen-bond acceptors (Lipinski definition) is 2. The standard InChI is InChI=1S/C14H17BrClNO2S/c15-12-9-11(6-7-13(12)16)20(18,19)17-8-2-4-10-3-1-5-14(10)17/h6-7,9-10,14H,1-5,8H2. The van der Waals surface area contributed by atoms with Crippen LogP contribution in [0.4, 0.5) is 0 Å². The number of nitrogens with zero attached hydrogens (tertiary/aromatic N) is 1. The Morgan fingerprint density at radius 1 is 1.20 bits per heavy atom. The fraction of sp³-hybridized carbons (Fsp3) is 0.571. The molecule has 1 saturated heterocycles. The highest BCUT2D eigenvalue weighted by atomic mass is 79.9. The SMILES string of the molecule is O=S(=O)(c1ccc(Cl)c(Br)c1)N1CCCC2CCCC21. The highest BCUT2D eigenvalue weighted by Crippen LogP contribution is 2.39. The molecule has 2 unspecified atom stereocenters. The van der Waals surface area contributed by atoms with Gasteiger partial charge >= 0.3 is 0 Å². The van der Waals surface area contributed by atoms with E-state index in [1.807, 2.05) is 0 Å². The number of sulfonamides is 1. The molecule has 1 heterocycles. The van der Waals surface area contributed by atoms with E-state index in [1.165, 1.54) is 12.8 Å². The van der Waals surface area contributed by atoms with Gasteiger partial charge in [0, 0.05) is 17.1 Å². The Kier molecular flexibility index (Phi) is 4.15. The van der Waals surface area contributed by atoms with E-state index >= 15 is 0 Å². The van der Waals surface area contributed by atoms with Gasteiger partial charge in [0.2, 0.25) is 10.0 Å². The van der Waals surface area contributed by atoms with Gasteiger partial charge in [0.15, 0.2) is 0 Å². The van der Waals surface area contributed by atoms with Crippen molar-refractivity contribution in [1.82, 2.24) is 4.31 Å². The summed E-state index contributed by atoms with van der Waals surface area (Å²) >= 11 is 9.25. The van der Waals surface area contributed by atoms with Gasteiger partial charge in [-0.2, -0.15) is 4.31 Å². The van der Waals surface area contributed by atoms with Crippen LogP contribution in [0.25, 0.3) is 0 Å². The molecule has 110 valence electrons. The van der Waals surface area contributed by atoms with Gasteiger partial charge in [-0.05, 0) is 65.7 Å². The van der Waals surface area contributed by atoms with Crippen LogP contribution in [0.2, 0.25) is 5.02 Å². The van der Waals surface area contributed by atoms with Crippen molar-refractivity contribution >= 4 is 37.6 Å². The second kappa shape index (κ2) is 5.59. The molecule has 2 aliphatic rings. The van der Waals surface area contributed by atoms with Crippen molar-refractivity contribution in [2.45, 2.75) is 43.0 Å². The minimum atomic E-state index is -3.41. The molecule has 3 rings (SSSR count). The zero-order valence-electron chi connectivity index (χ0n) is 11.1. The average Bonchev–Trinajstić information content (AvgIpc) is 2.89. The number of piperidine rings is 1. The second-order valence-electron chi connectivity index (χ2n) is 5.59. The maximum Gasteiger partial charge on any atom is 0.243 e. The first-order chi connectivity index (χ1) is 9.50. The quantitative estimate of drug-likeness (QED) is 0.778. The first-order valence-corrected chi connectivity index (χ1v) is 9.58. The minimum absolute atomic E-state index is 0.197. The summed E-state index contributed by atoms with van der Waals surface area (Å²) in [6, 6.07) is 5.04. The van der Waals surface area contributed by atoms with Crippen molar-refractivity contribution in [2.24, 2.45) is 5.92 Å². The lowest BCUT2D eigenvalue weighted by atomic mass is 9.94. The highest BCUT2D eigenvalue weighted by molar-refractivity contribution is 9.10. The Labute approximate surface area is 133 Å². The molecule has 0 N–H and O–H groups in total. The van der Waals surface area contributed by atoms with E-state index in [0.29, 0.717) is 26.9 Å². The molecule has 0 radical (unpaired) electrons. The summed E-state index contributed by atoms with van der Waals surface area (Å²) in [5.74, 6) is 0.550. The van der Waals surface area contributed by atoms with Crippen LogP contribution in [0.15, 0.2) is 27.6 Å². The van der Waals surface area contributed by atoms with E-state index < -0.39 is 10.0 Å². The Balaban J connectivity index is 1.96. The Bertz CT molecular complexity index is 620. The Hall–Kier alpha value is -0.100. The third kappa shape index (κ3) is 2.54. The lowest BCUT2D eigenvalue weighted by Crippen LogP contribution is -2.46. The third-order valence-corrected chi connectivity index (χ3v) is 7.57. The molecule has 20 heavy (non-hydrogen) atoms. The number of benzene rings is 1. The van der Waals surface area contributed by atoms with Crippen LogP contribution in [-0.4, -0.2) is 25.3 Å². The van der Waals surface area contributed by atoms with E-state index in [0.717, 1.165) is 19.3 Å². The van der Waals surface area contributed by atoms with Crippen LogP contribution in [0.1, 0.15) is 32.1 Å². The first-order valence-electron chi connectivity index (χ1n) is 6.97. The highest BCUT2D eigenvalue weighted by Gasteiger charge is 2.41. The second-order valence-corrected chi connectivity index (χ2v) is 8.74. The lowest BCUT2D eigenvalue weighted by Gasteiger charge is -2.36. The van der Waals surface area contributed by atoms with Gasteiger partial charge in [0.1, 0.15) is 0 Å². The van der Waals surface area contributed by atoms with Gasteiger partial charge in [0.25, 0.3) is 0 Å². The summed E-state index contributed by atoms with van der Waals surface area (Å²) in [5, 5.41) is 0.529. The summed E-state index contributed by atoms with van der Waals surface area (Å²) in [7, 11) is -3.41. The molecule has 3 nitrogen and oxygen atoms in total. The maximum absolute atomic E-state index is 12.9. The number of fused-ring (bicyclic) bond motifs is 1. The van der Waals surface area contributed by atoms with Crippen LogP contribution < -0.4 is 0 Å². The smallest absolute Gasteiger partial charge is 0.207 e. The number of rotatable bonds is 2. The molecule has 0 spiro atoms. The van der Waals surface area contributed by atoms with Gasteiger partial charge in [-0.3, -0.25) is 0 Å². The normalized spacial score (nSPS) is 27.5. The summed E-state index contributed by atoms with van der Waals surface area (Å²) in [4.78, 5) is 0.335. The molecule has 2 atom stereocenters. The van der Waals surface area contributed by atoms with Gasteiger partial charge in [-0.1, -0.05) is 18.0 Å². The monoisotopic (exact) mass is 377 g/mol. The van der Waals surface area contributed by atoms with Crippen LogP contribution in [0.3, 0.4) is 0 Å². The number of halogens is 2. The van der Waals surface area contributed by atoms with Gasteiger partial charge in [-0.15, -0.1) is 0 Å². The van der Waals surface area contributed by atoms with Crippen LogP contribution in [0.5, 0.6) is 0 Å². The van der Waals surface area contributed by atoms with Crippen molar-refractivity contribution in [3.63, 3.8) is 0 Å². The molecule has 1 saturated carbocycles. The summed E-state index contributed by atoms with van der Waals surface area (Å²) < 4.78 is 28.1. The minimum Gasteiger partial charge on any atom is -0.207 e. The Morgan fingerprint density at radius 2 is 1.95 bits per heavy atom. The fourth-order valence-electron chi connectivity index (χ4n) is 3.48. The van der Waals surface area contributed by atoms with Crippen molar-refractivity contribution in [3.05, 3.63) is 27.7 Å². The van der Waals surface area contributed by atoms with Crippen LogP contribution in [0, 0.1) is 5.92 Å². The largest absolute Gasteiger partial charge is 0.243 e. The van der Waals surface area contributed by atoms with E-state index in [9.17, 15) is 8.42 Å². The van der Waals surface area contributed by atoms with Crippen molar-refractivity contribution in [1.29, 1.82) is 0 Å². The molecule has 1 aliphatic heterocycles. The molecule has 0 amide bonds. The molecule has 2 fully saturated rings. The Morgan fingerprint density at radius 3 is 2.70 bits per heavy atom. The average molecular weight is 379 g/mol. The van der Waals surface area contributed by atoms with Crippen LogP contribution >= 0.6 is 27.5 Å². The predicted octanol–water partition coefficient (Wildman–Crippen LogP) is 4.06. The number of hydrogen-bond donors (Lipinski definition) is 0. The van der Waals surface area contributed by atoms with Gasteiger partial charge in [-0.25, -0.2) is 8.42 Å². The molecule has 6 heteroatoms. The molecule has 0 bridgehead atoms. The van der Waals surface area contributed by atoms with Crippen molar-refractivity contribution < 1.29 is 8.42 Å². The third-order valence-electron chi connectivity index (χ3n) is 4.44. The van der Waals surface area contributed by atoms with Gasteiger partial charge in [0.05, 0.1) is 9.92 Å². The summed E-state index contributed by atoms with van der Waals surface area (Å²) in [6.07, 6.45) is 5.45. The molecule has 1 aromatic carbocycles. The fourth-order valence-corrected chi connectivity index (χ4v) is 5.91. The summed E-state index contributed by atoms with van der Waals surface area (Å²) in [5.41, 5.74) is 0. The van der Waals surface area contributed by atoms with E-state index in [-0.39, 0.29) is 6.04 Å². The topological polar surface area (TPSA) is 37.4 Å². The van der Waals surface area contributed by atoms with Crippen LogP contribution in [-0.2, 0) is 10.0 Å². The first kappa shape index (κ1) is 14.8. The molecule has 0 aromatic heterocycles. The van der Waals surface area contributed by atoms with E-state index in [1.54, 1.807) is 22.5 Å². The van der Waals surface area contributed by atoms with E-state index in [4.69, 9.17) is 11.6 Å². The molecule has 1 aliphatic carbocycles. The van der Waals surface area contributed by atoms with Gasteiger partial charge < -0.3 is 0 Å². The zero-order valence-corrected chi connectivity index (χ0v) is 14.2. The lowest BCUT2D eigenvalue weighted by molar-refractivity contribution is 0.202. The maximum atomic E-state index is 12.9. The molecular formula is C14H17BrClNO2S. The molecule has 1 aromatic rings. The van der Waals surface area contributed by atoms with Crippen molar-refractivity contribution in [2.75, 3.05) is 6.54 Å². The zero-order chi connectivity index (χ0) is 14.3. The van der Waals surface area contributed by atoms with Crippen molar-refractivity contribution in [3.8, 4) is 0 Å². The molecular weight excluding hydrogens is 362 g/mol. The predicted molar refractivity (Wildman–Crippen MR) is 83.4 cm³/mol. The summed E-state index contributed by atoms with van der Waals surface area (Å²) in [6.45, 7) is 0.643. The van der Waals surface area contributed by atoms with E-state index in [2.05, 4.69) is 15.9 Å².